The molecule has 1 fully saturated rings. The minimum atomic E-state index is -3.50. The Balaban J connectivity index is 0.00000264. The third-order valence-electron chi connectivity index (χ3n) is 3.47. The molecule has 23 heavy (non-hydrogen) atoms. The van der Waals surface area contributed by atoms with Crippen LogP contribution in [-0.2, 0) is 21.3 Å². The van der Waals surface area contributed by atoms with Gasteiger partial charge in [-0.15, -0.1) is 24.0 Å². The molecule has 1 atom stereocenters. The number of hydrogen-bond donors (Lipinski definition) is 3. The highest BCUT2D eigenvalue weighted by molar-refractivity contribution is 14.0. The van der Waals surface area contributed by atoms with E-state index >= 15 is 0 Å². The van der Waals surface area contributed by atoms with Gasteiger partial charge in [0.2, 0.25) is 10.0 Å². The van der Waals surface area contributed by atoms with Gasteiger partial charge in [-0.2, -0.15) is 0 Å². The smallest absolute Gasteiger partial charge is 0.240 e. The molecule has 1 saturated heterocycles. The molecule has 0 amide bonds. The van der Waals surface area contributed by atoms with Crippen LogP contribution >= 0.6 is 24.0 Å². The van der Waals surface area contributed by atoms with E-state index in [-0.39, 0.29) is 35.0 Å². The van der Waals surface area contributed by atoms with Gasteiger partial charge >= 0.3 is 0 Å². The topological polar surface area (TPSA) is 106 Å². The lowest BCUT2D eigenvalue weighted by atomic mass is 10.2. The summed E-state index contributed by atoms with van der Waals surface area (Å²) >= 11 is 0. The van der Waals surface area contributed by atoms with Crippen molar-refractivity contribution in [1.29, 1.82) is 0 Å². The fourth-order valence-electron chi connectivity index (χ4n) is 2.15. The normalized spacial score (nSPS) is 18.5. The Kier molecular flexibility index (Phi) is 8.23. The number of nitrogens with one attached hydrogen (secondary N) is 2. The highest BCUT2D eigenvalue weighted by Gasteiger charge is 2.20. The third-order valence-corrected chi connectivity index (χ3v) is 4.91. The molecule has 0 spiro atoms. The molecular formula is C14H23IN4O3S. The van der Waals surface area contributed by atoms with Crippen LogP contribution in [0.25, 0.3) is 0 Å². The summed E-state index contributed by atoms with van der Waals surface area (Å²) in [5, 5.41) is 2.92. The summed E-state index contributed by atoms with van der Waals surface area (Å²) in [6.07, 6.45) is 1.86. The van der Waals surface area contributed by atoms with Gasteiger partial charge in [-0.05, 0) is 30.5 Å². The Morgan fingerprint density at radius 2 is 2.09 bits per heavy atom. The molecule has 1 aromatic rings. The summed E-state index contributed by atoms with van der Waals surface area (Å²) < 4.78 is 32.4. The van der Waals surface area contributed by atoms with Gasteiger partial charge in [0, 0.05) is 26.7 Å². The first-order valence-electron chi connectivity index (χ1n) is 7.17. The number of hydrogen-bond acceptors (Lipinski definition) is 4. The maximum Gasteiger partial charge on any atom is 0.240 e. The van der Waals surface area contributed by atoms with Gasteiger partial charge < -0.3 is 15.8 Å². The predicted molar refractivity (Wildman–Crippen MR) is 100 cm³/mol. The second-order valence-electron chi connectivity index (χ2n) is 5.09. The lowest BCUT2D eigenvalue weighted by Gasteiger charge is -2.12. The van der Waals surface area contributed by atoms with Gasteiger partial charge in [0.1, 0.15) is 0 Å². The highest BCUT2D eigenvalue weighted by atomic mass is 127. The zero-order valence-corrected chi connectivity index (χ0v) is 16.1. The molecule has 130 valence electrons. The lowest BCUT2D eigenvalue weighted by Crippen LogP contribution is -2.32. The number of ether oxygens (including phenoxy) is 1. The van der Waals surface area contributed by atoms with Crippen molar-refractivity contribution in [2.24, 2.45) is 10.7 Å². The van der Waals surface area contributed by atoms with Crippen LogP contribution in [0.1, 0.15) is 18.4 Å². The number of aliphatic imine (C=N–C) groups is 1. The molecule has 7 nitrogen and oxygen atoms in total. The monoisotopic (exact) mass is 454 g/mol. The lowest BCUT2D eigenvalue weighted by molar-refractivity contribution is 0.114. The molecule has 0 radical (unpaired) electrons. The summed E-state index contributed by atoms with van der Waals surface area (Å²) in [4.78, 5) is 4.03. The molecule has 0 aliphatic carbocycles. The first-order chi connectivity index (χ1) is 10.5. The van der Waals surface area contributed by atoms with Crippen molar-refractivity contribution < 1.29 is 13.2 Å². The minimum Gasteiger partial charge on any atom is -0.377 e. The largest absolute Gasteiger partial charge is 0.377 e. The number of benzene rings is 1. The van der Waals surface area contributed by atoms with Gasteiger partial charge in [-0.25, -0.2) is 13.1 Å². The SMILES string of the molecule is CN=C(N)NCc1ccc(S(=O)(=O)NCC2CCCO2)cc1.I. The van der Waals surface area contributed by atoms with Crippen LogP contribution < -0.4 is 15.8 Å². The molecule has 0 saturated carbocycles. The van der Waals surface area contributed by atoms with Crippen LogP contribution in [0.15, 0.2) is 34.2 Å². The van der Waals surface area contributed by atoms with Crippen molar-refractivity contribution in [1.82, 2.24) is 10.0 Å². The minimum absolute atomic E-state index is 0. The zero-order valence-electron chi connectivity index (χ0n) is 13.0. The molecule has 0 aromatic heterocycles. The van der Waals surface area contributed by atoms with Crippen molar-refractivity contribution in [3.05, 3.63) is 29.8 Å². The fourth-order valence-corrected chi connectivity index (χ4v) is 3.22. The van der Waals surface area contributed by atoms with Crippen LogP contribution in [0, 0.1) is 0 Å². The molecule has 0 bridgehead atoms. The van der Waals surface area contributed by atoms with E-state index in [1.54, 1.807) is 31.3 Å². The first-order valence-corrected chi connectivity index (χ1v) is 8.66. The van der Waals surface area contributed by atoms with E-state index in [9.17, 15) is 8.42 Å². The quantitative estimate of drug-likeness (QED) is 0.335. The number of nitrogens with two attached hydrogens (primary N) is 1. The van der Waals surface area contributed by atoms with Crippen molar-refractivity contribution in [3.8, 4) is 0 Å². The van der Waals surface area contributed by atoms with Gasteiger partial charge in [-0.1, -0.05) is 12.1 Å². The second-order valence-corrected chi connectivity index (χ2v) is 6.86. The maximum atomic E-state index is 12.2. The summed E-state index contributed by atoms with van der Waals surface area (Å²) in [6, 6.07) is 6.65. The molecule has 1 heterocycles. The molecule has 1 aliphatic rings. The Bertz CT molecular complexity index is 613. The Morgan fingerprint density at radius 1 is 1.39 bits per heavy atom. The van der Waals surface area contributed by atoms with E-state index in [0.29, 0.717) is 25.7 Å². The van der Waals surface area contributed by atoms with Gasteiger partial charge in [-0.3, -0.25) is 4.99 Å². The average Bonchev–Trinajstić information content (AvgIpc) is 3.04. The number of sulfonamides is 1. The van der Waals surface area contributed by atoms with Crippen LogP contribution in [0.2, 0.25) is 0 Å². The van der Waals surface area contributed by atoms with Crippen molar-refractivity contribution in [2.45, 2.75) is 30.4 Å². The molecule has 1 aliphatic heterocycles. The van der Waals surface area contributed by atoms with Crippen LogP contribution in [0.5, 0.6) is 0 Å². The predicted octanol–water partition coefficient (Wildman–Crippen LogP) is 0.796. The number of nitrogens with zero attached hydrogens (tertiary/aromatic N) is 1. The van der Waals surface area contributed by atoms with E-state index in [1.807, 2.05) is 0 Å². The van der Waals surface area contributed by atoms with Crippen LogP contribution in [0.4, 0.5) is 0 Å². The molecule has 4 N–H and O–H groups in total. The third kappa shape index (κ3) is 6.24. The summed E-state index contributed by atoms with van der Waals surface area (Å²) in [5.74, 6) is 0.343. The molecule has 2 rings (SSSR count). The first kappa shape index (κ1) is 20.1. The maximum absolute atomic E-state index is 12.2. The number of halogens is 1. The molecule has 1 unspecified atom stereocenters. The zero-order chi connectivity index (χ0) is 16.0. The standard InChI is InChI=1S/C14H22N4O3S.HI/c1-16-14(15)17-9-11-4-6-13(7-5-11)22(19,20)18-10-12-3-2-8-21-12;/h4-7,12,18H,2-3,8-10H2,1H3,(H3,15,16,17);1H. The molecular weight excluding hydrogens is 431 g/mol. The van der Waals surface area contributed by atoms with Crippen molar-refractivity contribution in [3.63, 3.8) is 0 Å². The molecule has 9 heteroatoms. The van der Waals surface area contributed by atoms with Gasteiger partial charge in [0.15, 0.2) is 5.96 Å². The van der Waals surface area contributed by atoms with E-state index < -0.39 is 10.0 Å². The Hall–Kier alpha value is -0.910. The van der Waals surface area contributed by atoms with Crippen LogP contribution in [-0.4, -0.2) is 40.7 Å². The number of rotatable bonds is 6. The fraction of sp³-hybridized carbons (Fsp3) is 0.500. The second kappa shape index (κ2) is 9.40. The van der Waals surface area contributed by atoms with E-state index in [0.717, 1.165) is 18.4 Å². The number of guanidine groups is 1. The van der Waals surface area contributed by atoms with Gasteiger partial charge in [0.05, 0.1) is 11.0 Å². The summed E-state index contributed by atoms with van der Waals surface area (Å²) in [7, 11) is -1.90. The summed E-state index contributed by atoms with van der Waals surface area (Å²) in [6.45, 7) is 1.51. The van der Waals surface area contributed by atoms with Gasteiger partial charge in [0.25, 0.3) is 0 Å². The highest BCUT2D eigenvalue weighted by Crippen LogP contribution is 2.14. The van der Waals surface area contributed by atoms with E-state index in [1.165, 1.54) is 0 Å². The average molecular weight is 454 g/mol. The van der Waals surface area contributed by atoms with Crippen molar-refractivity contribution in [2.75, 3.05) is 20.2 Å². The van der Waals surface area contributed by atoms with E-state index in [4.69, 9.17) is 10.5 Å². The Labute approximate surface area is 154 Å². The van der Waals surface area contributed by atoms with E-state index in [2.05, 4.69) is 15.0 Å². The van der Waals surface area contributed by atoms with Crippen LogP contribution in [0.3, 0.4) is 0 Å². The Morgan fingerprint density at radius 3 is 2.65 bits per heavy atom. The molecule has 1 aromatic carbocycles. The summed E-state index contributed by atoms with van der Waals surface area (Å²) in [5.41, 5.74) is 6.46. The van der Waals surface area contributed by atoms with Crippen molar-refractivity contribution >= 4 is 40.0 Å².